The van der Waals surface area contributed by atoms with Gasteiger partial charge in [0.2, 0.25) is 5.90 Å². The molecule has 0 saturated heterocycles. The average molecular weight is 314 g/mol. The predicted octanol–water partition coefficient (Wildman–Crippen LogP) is 3.69. The van der Waals surface area contributed by atoms with Gasteiger partial charge < -0.3 is 9.47 Å². The minimum Gasteiger partial charge on any atom is -0.497 e. The first kappa shape index (κ1) is 14.4. The van der Waals surface area contributed by atoms with Gasteiger partial charge in [-0.2, -0.15) is 0 Å². The number of aliphatic imine (C=N–C) groups is 1. The van der Waals surface area contributed by atoms with Crippen molar-refractivity contribution in [2.24, 2.45) is 4.99 Å². The summed E-state index contributed by atoms with van der Waals surface area (Å²) in [6.45, 7) is 0. The van der Waals surface area contributed by atoms with E-state index in [4.69, 9.17) is 21.1 Å². The van der Waals surface area contributed by atoms with Crippen LogP contribution in [-0.4, -0.2) is 19.0 Å². The summed E-state index contributed by atoms with van der Waals surface area (Å²) in [5.41, 5.74) is 1.81. The molecular formula is C17H12ClNO3. The first-order valence-electron chi connectivity index (χ1n) is 6.58. The summed E-state index contributed by atoms with van der Waals surface area (Å²) in [5.74, 6) is 0.559. The van der Waals surface area contributed by atoms with Crippen molar-refractivity contribution in [2.45, 2.75) is 0 Å². The van der Waals surface area contributed by atoms with Crippen LogP contribution >= 0.6 is 11.6 Å². The van der Waals surface area contributed by atoms with E-state index in [0.717, 1.165) is 11.3 Å². The van der Waals surface area contributed by atoms with Crippen LogP contribution < -0.4 is 4.74 Å². The Kier molecular flexibility index (Phi) is 3.94. The summed E-state index contributed by atoms with van der Waals surface area (Å²) in [4.78, 5) is 16.1. The van der Waals surface area contributed by atoms with Crippen LogP contribution in [0, 0.1) is 0 Å². The summed E-state index contributed by atoms with van der Waals surface area (Å²) < 4.78 is 10.3. The Morgan fingerprint density at radius 3 is 2.41 bits per heavy atom. The summed E-state index contributed by atoms with van der Waals surface area (Å²) in [6.07, 6.45) is 1.67. The Hall–Kier alpha value is -2.59. The summed E-state index contributed by atoms with van der Waals surface area (Å²) in [7, 11) is 1.60. The third kappa shape index (κ3) is 3.02. The number of cyclic esters (lactones) is 1. The van der Waals surface area contributed by atoms with E-state index in [1.807, 2.05) is 24.3 Å². The van der Waals surface area contributed by atoms with Crippen LogP contribution in [0.3, 0.4) is 0 Å². The number of halogens is 1. The molecule has 0 amide bonds. The van der Waals surface area contributed by atoms with E-state index in [2.05, 4.69) is 4.99 Å². The topological polar surface area (TPSA) is 47.9 Å². The molecule has 0 aliphatic carbocycles. The molecule has 110 valence electrons. The standard InChI is InChI=1S/C17H12ClNO3/c1-21-14-8-2-11(3-9-14)10-15-17(20)22-16(19-15)12-4-6-13(18)7-5-12/h2-10H,1H3/b15-10+. The van der Waals surface area contributed by atoms with Gasteiger partial charge in [0.05, 0.1) is 7.11 Å². The van der Waals surface area contributed by atoms with Gasteiger partial charge in [0.25, 0.3) is 0 Å². The molecule has 3 rings (SSSR count). The molecule has 0 spiro atoms. The number of ether oxygens (including phenoxy) is 2. The van der Waals surface area contributed by atoms with Crippen LogP contribution in [0.15, 0.2) is 59.2 Å². The molecule has 2 aromatic carbocycles. The molecule has 0 N–H and O–H groups in total. The molecule has 4 nitrogen and oxygen atoms in total. The first-order chi connectivity index (χ1) is 10.7. The lowest BCUT2D eigenvalue weighted by atomic mass is 10.2. The van der Waals surface area contributed by atoms with Crippen molar-refractivity contribution in [1.82, 2.24) is 0 Å². The summed E-state index contributed by atoms with van der Waals surface area (Å²) in [6, 6.07) is 14.3. The van der Waals surface area contributed by atoms with Crippen molar-refractivity contribution < 1.29 is 14.3 Å². The molecule has 1 heterocycles. The monoisotopic (exact) mass is 313 g/mol. The molecule has 1 aliphatic heterocycles. The van der Waals surface area contributed by atoms with Gasteiger partial charge in [-0.1, -0.05) is 23.7 Å². The quantitative estimate of drug-likeness (QED) is 0.641. The van der Waals surface area contributed by atoms with E-state index >= 15 is 0 Å². The van der Waals surface area contributed by atoms with Crippen LogP contribution in [-0.2, 0) is 9.53 Å². The number of esters is 1. The predicted molar refractivity (Wildman–Crippen MR) is 85.1 cm³/mol. The van der Waals surface area contributed by atoms with Crippen molar-refractivity contribution >= 4 is 29.5 Å². The molecule has 0 bridgehead atoms. The Morgan fingerprint density at radius 1 is 1.09 bits per heavy atom. The highest BCUT2D eigenvalue weighted by Gasteiger charge is 2.23. The van der Waals surface area contributed by atoms with E-state index < -0.39 is 5.97 Å². The van der Waals surface area contributed by atoms with E-state index in [1.165, 1.54) is 0 Å². The van der Waals surface area contributed by atoms with Crippen molar-refractivity contribution in [3.05, 3.63) is 70.4 Å². The molecule has 0 atom stereocenters. The zero-order valence-corrected chi connectivity index (χ0v) is 12.5. The fraction of sp³-hybridized carbons (Fsp3) is 0.0588. The maximum atomic E-state index is 11.9. The average Bonchev–Trinajstić information content (AvgIpc) is 2.90. The van der Waals surface area contributed by atoms with Gasteiger partial charge in [0.1, 0.15) is 5.75 Å². The molecule has 0 fully saturated rings. The highest BCUT2D eigenvalue weighted by atomic mass is 35.5. The fourth-order valence-electron chi connectivity index (χ4n) is 1.98. The molecule has 1 aliphatic rings. The van der Waals surface area contributed by atoms with E-state index in [0.29, 0.717) is 10.6 Å². The van der Waals surface area contributed by atoms with Gasteiger partial charge >= 0.3 is 5.97 Å². The molecule has 0 radical (unpaired) electrons. The Balaban J connectivity index is 1.88. The zero-order chi connectivity index (χ0) is 15.5. The van der Waals surface area contributed by atoms with Crippen molar-refractivity contribution in [3.63, 3.8) is 0 Å². The second-order valence-electron chi connectivity index (χ2n) is 4.62. The Bertz CT molecular complexity index is 761. The number of carbonyl (C=O) groups is 1. The van der Waals surface area contributed by atoms with Gasteiger partial charge in [-0.05, 0) is 48.0 Å². The second-order valence-corrected chi connectivity index (χ2v) is 5.05. The van der Waals surface area contributed by atoms with Crippen LogP contribution in [0.5, 0.6) is 5.75 Å². The Labute approximate surface area is 132 Å². The van der Waals surface area contributed by atoms with E-state index in [-0.39, 0.29) is 11.6 Å². The third-order valence-electron chi connectivity index (χ3n) is 3.13. The van der Waals surface area contributed by atoms with Crippen molar-refractivity contribution in [1.29, 1.82) is 0 Å². The van der Waals surface area contributed by atoms with Crippen molar-refractivity contribution in [3.8, 4) is 5.75 Å². The molecule has 0 aromatic heterocycles. The number of benzene rings is 2. The largest absolute Gasteiger partial charge is 0.497 e. The van der Waals surface area contributed by atoms with Crippen molar-refractivity contribution in [2.75, 3.05) is 7.11 Å². The van der Waals surface area contributed by atoms with Crippen LogP contribution in [0.1, 0.15) is 11.1 Å². The number of rotatable bonds is 3. The number of nitrogens with zero attached hydrogens (tertiary/aromatic N) is 1. The molecule has 2 aromatic rings. The number of hydrogen-bond donors (Lipinski definition) is 0. The van der Waals surface area contributed by atoms with E-state index in [9.17, 15) is 4.79 Å². The lowest BCUT2D eigenvalue weighted by Gasteiger charge is -1.99. The molecule has 5 heteroatoms. The maximum absolute atomic E-state index is 11.9. The summed E-state index contributed by atoms with van der Waals surface area (Å²) in [5, 5.41) is 0.614. The van der Waals surface area contributed by atoms with Gasteiger partial charge in [-0.3, -0.25) is 0 Å². The Morgan fingerprint density at radius 2 is 1.77 bits per heavy atom. The highest BCUT2D eigenvalue weighted by Crippen LogP contribution is 2.21. The molecule has 0 saturated carbocycles. The molecular weight excluding hydrogens is 302 g/mol. The number of carbonyl (C=O) groups excluding carboxylic acids is 1. The zero-order valence-electron chi connectivity index (χ0n) is 11.7. The second kappa shape index (κ2) is 6.03. The normalized spacial score (nSPS) is 15.6. The van der Waals surface area contributed by atoms with Gasteiger partial charge in [0.15, 0.2) is 5.70 Å². The summed E-state index contributed by atoms with van der Waals surface area (Å²) >= 11 is 5.84. The van der Waals surface area contributed by atoms with Crippen LogP contribution in [0.25, 0.3) is 6.08 Å². The number of methoxy groups -OCH3 is 1. The lowest BCUT2D eigenvalue weighted by Crippen LogP contribution is -2.05. The maximum Gasteiger partial charge on any atom is 0.363 e. The first-order valence-corrected chi connectivity index (χ1v) is 6.96. The molecule has 22 heavy (non-hydrogen) atoms. The van der Waals surface area contributed by atoms with E-state index in [1.54, 1.807) is 37.5 Å². The van der Waals surface area contributed by atoms with Crippen LogP contribution in [0.2, 0.25) is 5.02 Å². The van der Waals surface area contributed by atoms with Gasteiger partial charge in [-0.25, -0.2) is 9.79 Å². The third-order valence-corrected chi connectivity index (χ3v) is 3.38. The SMILES string of the molecule is COc1ccc(/C=C2/N=C(c3ccc(Cl)cc3)OC2=O)cc1. The highest BCUT2D eigenvalue weighted by molar-refractivity contribution is 6.30. The van der Waals surface area contributed by atoms with Crippen LogP contribution in [0.4, 0.5) is 0 Å². The van der Waals surface area contributed by atoms with Gasteiger partial charge in [-0.15, -0.1) is 0 Å². The minimum atomic E-state index is -0.472. The molecule has 0 unspecified atom stereocenters. The van der Waals surface area contributed by atoms with Gasteiger partial charge in [0, 0.05) is 10.6 Å². The number of hydrogen-bond acceptors (Lipinski definition) is 4. The minimum absolute atomic E-state index is 0.259. The fourth-order valence-corrected chi connectivity index (χ4v) is 2.11. The smallest absolute Gasteiger partial charge is 0.363 e. The lowest BCUT2D eigenvalue weighted by molar-refractivity contribution is -0.129.